The highest BCUT2D eigenvalue weighted by Crippen LogP contribution is 2.14. The number of sulfone groups is 1. The van der Waals surface area contributed by atoms with Crippen LogP contribution >= 0.6 is 0 Å². The van der Waals surface area contributed by atoms with Gasteiger partial charge in [0.15, 0.2) is 9.84 Å². The van der Waals surface area contributed by atoms with Crippen LogP contribution in [0.2, 0.25) is 0 Å². The third-order valence-electron chi connectivity index (χ3n) is 5.46. The Kier molecular flexibility index (Phi) is 12.7. The monoisotopic (exact) mass is 475 g/mol. The topological polar surface area (TPSA) is 108 Å². The summed E-state index contributed by atoms with van der Waals surface area (Å²) < 4.78 is 25.1. The van der Waals surface area contributed by atoms with Gasteiger partial charge in [-0.1, -0.05) is 48.9 Å². The molecular formula is C25H37N3O4S. The minimum atomic E-state index is -3.28. The van der Waals surface area contributed by atoms with Crippen molar-refractivity contribution < 1.29 is 18.4 Å². The normalized spacial score (nSPS) is 11.4. The van der Waals surface area contributed by atoms with Crippen LogP contribution in [0.25, 0.3) is 0 Å². The molecule has 8 heteroatoms. The number of carbonyl (C=O) groups is 1. The predicted octanol–water partition coefficient (Wildman–Crippen LogP) is 2.88. The highest BCUT2D eigenvalue weighted by atomic mass is 32.2. The van der Waals surface area contributed by atoms with Gasteiger partial charge in [-0.25, -0.2) is 13.9 Å². The van der Waals surface area contributed by atoms with Crippen molar-refractivity contribution in [2.24, 2.45) is 0 Å². The van der Waals surface area contributed by atoms with Crippen LogP contribution in [0.5, 0.6) is 0 Å². The fourth-order valence-corrected chi connectivity index (χ4v) is 4.76. The Balaban J connectivity index is 1.52. The highest BCUT2D eigenvalue weighted by Gasteiger charge is 2.14. The molecule has 0 saturated carbocycles. The maximum absolute atomic E-state index is 12.6. The van der Waals surface area contributed by atoms with Crippen LogP contribution in [0.4, 0.5) is 0 Å². The van der Waals surface area contributed by atoms with Crippen molar-refractivity contribution in [3.63, 3.8) is 0 Å². The van der Waals surface area contributed by atoms with E-state index in [4.69, 9.17) is 5.21 Å². The van der Waals surface area contributed by atoms with E-state index in [0.29, 0.717) is 17.7 Å². The van der Waals surface area contributed by atoms with Gasteiger partial charge < -0.3 is 10.6 Å². The van der Waals surface area contributed by atoms with E-state index in [-0.39, 0.29) is 11.7 Å². The average Bonchev–Trinajstić information content (AvgIpc) is 2.84. The first-order chi connectivity index (χ1) is 16.0. The Bertz CT molecular complexity index is 903. The quantitative estimate of drug-likeness (QED) is 0.159. The SMILES string of the molecule is O=C(CCCCCNCCCNCCc1ccc(S(=O)(=O)CCc2ccccc2)cc1)NO. The van der Waals surface area contributed by atoms with E-state index in [9.17, 15) is 13.2 Å². The molecule has 7 nitrogen and oxygen atoms in total. The van der Waals surface area contributed by atoms with Gasteiger partial charge in [0.1, 0.15) is 0 Å². The molecular weight excluding hydrogens is 438 g/mol. The van der Waals surface area contributed by atoms with Gasteiger partial charge >= 0.3 is 0 Å². The molecule has 1 amide bonds. The smallest absolute Gasteiger partial charge is 0.243 e. The molecule has 0 spiro atoms. The zero-order chi connectivity index (χ0) is 23.8. The maximum Gasteiger partial charge on any atom is 0.243 e. The number of hydrogen-bond donors (Lipinski definition) is 4. The van der Waals surface area contributed by atoms with Crippen LogP contribution in [0, 0.1) is 0 Å². The van der Waals surface area contributed by atoms with E-state index in [2.05, 4.69) is 10.6 Å². The first-order valence-electron chi connectivity index (χ1n) is 11.7. The first-order valence-corrected chi connectivity index (χ1v) is 13.4. The van der Waals surface area contributed by atoms with Crippen LogP contribution in [0.1, 0.15) is 43.2 Å². The van der Waals surface area contributed by atoms with Gasteiger partial charge in [-0.2, -0.15) is 0 Å². The summed E-state index contributed by atoms with van der Waals surface area (Å²) in [6.07, 6.45) is 5.55. The molecule has 0 aliphatic heterocycles. The van der Waals surface area contributed by atoms with E-state index in [1.165, 1.54) is 0 Å². The zero-order valence-corrected chi connectivity index (χ0v) is 20.1. The second kappa shape index (κ2) is 15.6. The Hall–Kier alpha value is -2.26. The lowest BCUT2D eigenvalue weighted by Gasteiger charge is -2.08. The fourth-order valence-electron chi connectivity index (χ4n) is 3.47. The molecule has 0 aliphatic rings. The molecule has 2 aromatic rings. The van der Waals surface area contributed by atoms with Gasteiger partial charge in [0, 0.05) is 6.42 Å². The van der Waals surface area contributed by atoms with Crippen LogP contribution < -0.4 is 16.1 Å². The lowest BCUT2D eigenvalue weighted by Crippen LogP contribution is -2.24. The molecule has 0 saturated heterocycles. The molecule has 0 fully saturated rings. The first kappa shape index (κ1) is 27.0. The van der Waals surface area contributed by atoms with Crippen molar-refractivity contribution in [2.45, 2.75) is 49.8 Å². The third kappa shape index (κ3) is 11.4. The summed E-state index contributed by atoms with van der Waals surface area (Å²) in [5.74, 6) is -0.207. The van der Waals surface area contributed by atoms with Gasteiger partial charge in [0.05, 0.1) is 10.6 Å². The van der Waals surface area contributed by atoms with Crippen LogP contribution in [-0.4, -0.2) is 51.5 Å². The Morgan fingerprint density at radius 1 is 0.727 bits per heavy atom. The second-order valence-corrected chi connectivity index (χ2v) is 10.3. The van der Waals surface area contributed by atoms with Crippen LogP contribution in [0.3, 0.4) is 0 Å². The minimum absolute atomic E-state index is 0.118. The number of unbranched alkanes of at least 4 members (excludes halogenated alkanes) is 2. The summed E-state index contributed by atoms with van der Waals surface area (Å²) in [4.78, 5) is 11.3. The maximum atomic E-state index is 12.6. The molecule has 0 heterocycles. The number of hydrogen-bond acceptors (Lipinski definition) is 6. The number of hydroxylamine groups is 1. The zero-order valence-electron chi connectivity index (χ0n) is 19.3. The molecule has 4 N–H and O–H groups in total. The summed E-state index contributed by atoms with van der Waals surface area (Å²) >= 11 is 0. The van der Waals surface area contributed by atoms with E-state index in [0.717, 1.165) is 69.4 Å². The third-order valence-corrected chi connectivity index (χ3v) is 7.20. The molecule has 0 atom stereocenters. The summed E-state index contributed by atoms with van der Waals surface area (Å²) in [5.41, 5.74) is 3.80. The van der Waals surface area contributed by atoms with Crippen molar-refractivity contribution in [2.75, 3.05) is 31.9 Å². The lowest BCUT2D eigenvalue weighted by atomic mass is 10.1. The highest BCUT2D eigenvalue weighted by molar-refractivity contribution is 7.91. The largest absolute Gasteiger partial charge is 0.317 e. The van der Waals surface area contributed by atoms with Gasteiger partial charge in [-0.3, -0.25) is 10.0 Å². The average molecular weight is 476 g/mol. The van der Waals surface area contributed by atoms with E-state index < -0.39 is 9.84 Å². The fraction of sp³-hybridized carbons (Fsp3) is 0.480. The van der Waals surface area contributed by atoms with Gasteiger partial charge in [0.25, 0.3) is 0 Å². The predicted molar refractivity (Wildman–Crippen MR) is 131 cm³/mol. The summed E-state index contributed by atoms with van der Waals surface area (Å²) in [7, 11) is -3.28. The van der Waals surface area contributed by atoms with Crippen molar-refractivity contribution in [1.29, 1.82) is 0 Å². The number of rotatable bonds is 17. The molecule has 2 rings (SSSR count). The Morgan fingerprint density at radius 2 is 1.36 bits per heavy atom. The van der Waals surface area contributed by atoms with E-state index in [1.807, 2.05) is 42.5 Å². The molecule has 0 unspecified atom stereocenters. The van der Waals surface area contributed by atoms with Gasteiger partial charge in [-0.15, -0.1) is 0 Å². The number of carbonyl (C=O) groups excluding carboxylic acids is 1. The Morgan fingerprint density at radius 3 is 2.06 bits per heavy atom. The molecule has 2 aromatic carbocycles. The standard InChI is InChI=1S/C25H37N3O4S/c29-25(28-30)10-5-2-6-17-26-18-7-19-27-20-15-23-11-13-24(14-12-23)33(31,32)21-16-22-8-3-1-4-9-22/h1,3-4,8-9,11-14,26-27,30H,2,5-7,10,15-21H2,(H,28,29). The molecule has 0 bridgehead atoms. The lowest BCUT2D eigenvalue weighted by molar-refractivity contribution is -0.129. The van der Waals surface area contributed by atoms with E-state index >= 15 is 0 Å². The van der Waals surface area contributed by atoms with E-state index in [1.54, 1.807) is 17.6 Å². The Labute approximate surface area is 197 Å². The number of benzene rings is 2. The molecule has 33 heavy (non-hydrogen) atoms. The van der Waals surface area contributed by atoms with Crippen molar-refractivity contribution >= 4 is 15.7 Å². The minimum Gasteiger partial charge on any atom is -0.317 e. The number of amides is 1. The summed E-state index contributed by atoms with van der Waals surface area (Å²) in [5, 5.41) is 15.2. The van der Waals surface area contributed by atoms with Crippen LogP contribution in [-0.2, 0) is 27.5 Å². The van der Waals surface area contributed by atoms with Crippen molar-refractivity contribution in [3.8, 4) is 0 Å². The molecule has 182 valence electrons. The molecule has 0 radical (unpaired) electrons. The summed E-state index contributed by atoms with van der Waals surface area (Å²) in [6.45, 7) is 3.66. The van der Waals surface area contributed by atoms with Crippen molar-refractivity contribution in [1.82, 2.24) is 16.1 Å². The van der Waals surface area contributed by atoms with Gasteiger partial charge in [-0.05, 0) is 81.5 Å². The number of nitrogens with one attached hydrogen (secondary N) is 3. The second-order valence-electron chi connectivity index (χ2n) is 8.15. The summed E-state index contributed by atoms with van der Waals surface area (Å²) in [6, 6.07) is 16.9. The number of aryl methyl sites for hydroxylation is 1. The van der Waals surface area contributed by atoms with Crippen molar-refractivity contribution in [3.05, 3.63) is 65.7 Å². The van der Waals surface area contributed by atoms with Gasteiger partial charge in [0.2, 0.25) is 5.91 Å². The molecule has 0 aliphatic carbocycles. The van der Waals surface area contributed by atoms with Crippen LogP contribution in [0.15, 0.2) is 59.5 Å². The molecule has 0 aromatic heterocycles.